The van der Waals surface area contributed by atoms with Gasteiger partial charge in [-0.2, -0.15) is 0 Å². The molecule has 1 heterocycles. The molecule has 0 amide bonds. The van der Waals surface area contributed by atoms with E-state index in [2.05, 4.69) is 10.3 Å². The molecule has 130 valence electrons. The van der Waals surface area contributed by atoms with Crippen LogP contribution in [0.4, 0.5) is 13.2 Å². The lowest BCUT2D eigenvalue weighted by molar-refractivity contribution is 0.445. The lowest BCUT2D eigenvalue weighted by Gasteiger charge is -2.06. The standard InChI is InChI=1S/C16H16F3N3S.HI/c17-12-6-9(7-13(18)15(12)19)11-8-14(11)22-16(20)21-4-3-10-2-1-5-23-10;/h1-2,5-7,11,14H,3-4,8H2,(H3,20,21,22);1H/t11-,14+;/m0./s1. The second-order valence-corrected chi connectivity index (χ2v) is 6.52. The van der Waals surface area contributed by atoms with Crippen LogP contribution in [-0.2, 0) is 6.42 Å². The molecule has 0 spiro atoms. The van der Waals surface area contributed by atoms with Crippen molar-refractivity contribution < 1.29 is 13.2 Å². The van der Waals surface area contributed by atoms with Crippen molar-refractivity contribution in [2.45, 2.75) is 24.8 Å². The molecule has 0 saturated heterocycles. The average molecular weight is 467 g/mol. The van der Waals surface area contributed by atoms with E-state index in [0.717, 1.165) is 18.6 Å². The predicted molar refractivity (Wildman–Crippen MR) is 101 cm³/mol. The van der Waals surface area contributed by atoms with Gasteiger partial charge < -0.3 is 11.1 Å². The van der Waals surface area contributed by atoms with Crippen LogP contribution in [0.5, 0.6) is 0 Å². The number of benzene rings is 1. The van der Waals surface area contributed by atoms with Gasteiger partial charge in [-0.3, -0.25) is 4.99 Å². The highest BCUT2D eigenvalue weighted by atomic mass is 127. The number of hydrogen-bond acceptors (Lipinski definition) is 2. The van der Waals surface area contributed by atoms with Crippen molar-refractivity contribution in [3.63, 3.8) is 0 Å². The third kappa shape index (κ3) is 4.62. The van der Waals surface area contributed by atoms with E-state index in [4.69, 9.17) is 5.73 Å². The maximum Gasteiger partial charge on any atom is 0.194 e. The fourth-order valence-corrected chi connectivity index (χ4v) is 3.19. The number of hydrogen-bond donors (Lipinski definition) is 2. The molecule has 1 aromatic heterocycles. The molecule has 3 nitrogen and oxygen atoms in total. The first-order chi connectivity index (χ1) is 11.0. The molecule has 24 heavy (non-hydrogen) atoms. The molecule has 1 aliphatic carbocycles. The van der Waals surface area contributed by atoms with E-state index in [-0.39, 0.29) is 35.9 Å². The molecule has 0 unspecified atom stereocenters. The number of halogens is 4. The summed E-state index contributed by atoms with van der Waals surface area (Å²) in [7, 11) is 0. The first-order valence-electron chi connectivity index (χ1n) is 7.28. The molecule has 8 heteroatoms. The largest absolute Gasteiger partial charge is 0.370 e. The predicted octanol–water partition coefficient (Wildman–Crippen LogP) is 3.79. The third-order valence-corrected chi connectivity index (χ3v) is 4.71. The van der Waals surface area contributed by atoms with Gasteiger partial charge in [0.1, 0.15) is 0 Å². The lowest BCUT2D eigenvalue weighted by atomic mass is 10.1. The molecule has 2 aromatic rings. The Kier molecular flexibility index (Phi) is 6.50. The van der Waals surface area contributed by atoms with Gasteiger partial charge in [-0.25, -0.2) is 13.2 Å². The van der Waals surface area contributed by atoms with Crippen molar-refractivity contribution in [3.05, 3.63) is 57.5 Å². The van der Waals surface area contributed by atoms with Crippen LogP contribution in [0.15, 0.2) is 34.6 Å². The summed E-state index contributed by atoms with van der Waals surface area (Å²) in [5.74, 6) is -3.53. The summed E-state index contributed by atoms with van der Waals surface area (Å²) in [6.45, 7) is 0.580. The smallest absolute Gasteiger partial charge is 0.194 e. The van der Waals surface area contributed by atoms with Crippen molar-refractivity contribution in [1.29, 1.82) is 0 Å². The fourth-order valence-electron chi connectivity index (χ4n) is 2.49. The summed E-state index contributed by atoms with van der Waals surface area (Å²) in [6.07, 6.45) is 1.51. The minimum absolute atomic E-state index is 0. The first-order valence-corrected chi connectivity index (χ1v) is 8.16. The van der Waals surface area contributed by atoms with E-state index >= 15 is 0 Å². The molecule has 0 bridgehead atoms. The van der Waals surface area contributed by atoms with Gasteiger partial charge in [0.2, 0.25) is 0 Å². The molecule has 3 N–H and O–H groups in total. The normalized spacial score (nSPS) is 19.7. The first kappa shape index (κ1) is 19.0. The van der Waals surface area contributed by atoms with Crippen molar-refractivity contribution in [3.8, 4) is 0 Å². The number of nitrogens with zero attached hydrogens (tertiary/aromatic N) is 1. The highest BCUT2D eigenvalue weighted by molar-refractivity contribution is 14.0. The van der Waals surface area contributed by atoms with Crippen molar-refractivity contribution in [2.75, 3.05) is 6.54 Å². The molecule has 2 atom stereocenters. The average Bonchev–Trinajstić information content (AvgIpc) is 3.06. The number of guanidine groups is 1. The number of nitrogens with two attached hydrogens (primary N) is 1. The van der Waals surface area contributed by atoms with Crippen LogP contribution in [0.1, 0.15) is 22.8 Å². The van der Waals surface area contributed by atoms with Gasteiger partial charge in [-0.1, -0.05) is 6.07 Å². The quantitative estimate of drug-likeness (QED) is 0.305. The Bertz CT molecular complexity index is 698. The molecule has 1 saturated carbocycles. The van der Waals surface area contributed by atoms with E-state index in [0.29, 0.717) is 24.5 Å². The van der Waals surface area contributed by atoms with E-state index in [1.807, 2.05) is 17.5 Å². The summed E-state index contributed by atoms with van der Waals surface area (Å²) >= 11 is 1.67. The van der Waals surface area contributed by atoms with Crippen LogP contribution in [0.2, 0.25) is 0 Å². The van der Waals surface area contributed by atoms with Crippen LogP contribution in [-0.4, -0.2) is 18.5 Å². The van der Waals surface area contributed by atoms with E-state index in [1.165, 1.54) is 4.88 Å². The highest BCUT2D eigenvalue weighted by Crippen LogP contribution is 2.41. The monoisotopic (exact) mass is 467 g/mol. The summed E-state index contributed by atoms with van der Waals surface area (Å²) in [5, 5.41) is 5.04. The van der Waals surface area contributed by atoms with Gasteiger partial charge in [0.25, 0.3) is 0 Å². The van der Waals surface area contributed by atoms with Crippen molar-refractivity contribution in [2.24, 2.45) is 10.7 Å². The molecule has 1 aromatic carbocycles. The number of aliphatic imine (C=N–C) groups is 1. The minimum Gasteiger partial charge on any atom is -0.370 e. The van der Waals surface area contributed by atoms with Crippen LogP contribution in [0.3, 0.4) is 0 Å². The molecule has 3 rings (SSSR count). The zero-order valence-corrected chi connectivity index (χ0v) is 15.8. The Morgan fingerprint density at radius 2 is 2.00 bits per heavy atom. The fraction of sp³-hybridized carbons (Fsp3) is 0.312. The molecule has 1 aliphatic rings. The Balaban J connectivity index is 0.00000208. The SMILES string of the molecule is I.NC(=NCCc1cccs1)N[C@@H]1C[C@H]1c1cc(F)c(F)c(F)c1. The number of rotatable bonds is 5. The Morgan fingerprint density at radius 3 is 2.62 bits per heavy atom. The minimum atomic E-state index is -1.44. The Hall–Kier alpha value is -1.29. The summed E-state index contributed by atoms with van der Waals surface area (Å²) in [6, 6.07) is 6.08. The van der Waals surface area contributed by atoms with Gasteiger partial charge in [-0.15, -0.1) is 35.3 Å². The summed E-state index contributed by atoms with van der Waals surface area (Å²) < 4.78 is 39.4. The maximum atomic E-state index is 13.2. The van der Waals surface area contributed by atoms with Crippen LogP contribution in [0, 0.1) is 17.5 Å². The van der Waals surface area contributed by atoms with Crippen molar-refractivity contribution in [1.82, 2.24) is 5.32 Å². The second kappa shape index (κ2) is 8.19. The molecule has 0 radical (unpaired) electrons. The van der Waals surface area contributed by atoms with Gasteiger partial charge in [-0.05, 0) is 35.6 Å². The Labute approximate surface area is 159 Å². The topological polar surface area (TPSA) is 50.4 Å². The van der Waals surface area contributed by atoms with Gasteiger partial charge >= 0.3 is 0 Å². The number of thiophene rings is 1. The summed E-state index contributed by atoms with van der Waals surface area (Å²) in [4.78, 5) is 5.48. The van der Waals surface area contributed by atoms with E-state index in [1.54, 1.807) is 11.3 Å². The highest BCUT2D eigenvalue weighted by Gasteiger charge is 2.39. The molecular weight excluding hydrogens is 450 g/mol. The second-order valence-electron chi connectivity index (χ2n) is 5.49. The van der Waals surface area contributed by atoms with Crippen LogP contribution < -0.4 is 11.1 Å². The number of nitrogens with one attached hydrogen (secondary N) is 1. The third-order valence-electron chi connectivity index (χ3n) is 3.78. The van der Waals surface area contributed by atoms with Crippen LogP contribution >= 0.6 is 35.3 Å². The molecule has 1 fully saturated rings. The van der Waals surface area contributed by atoms with Gasteiger partial charge in [0.05, 0.1) is 0 Å². The van der Waals surface area contributed by atoms with E-state index < -0.39 is 17.5 Å². The lowest BCUT2D eigenvalue weighted by Crippen LogP contribution is -2.34. The maximum absolute atomic E-state index is 13.2. The summed E-state index contributed by atoms with van der Waals surface area (Å²) in [5.41, 5.74) is 6.25. The zero-order valence-electron chi connectivity index (χ0n) is 12.6. The molecule has 0 aliphatic heterocycles. The molecular formula is C16H17F3IN3S. The Morgan fingerprint density at radius 1 is 1.29 bits per heavy atom. The van der Waals surface area contributed by atoms with Crippen molar-refractivity contribution >= 4 is 41.3 Å². The van der Waals surface area contributed by atoms with Gasteiger partial charge in [0.15, 0.2) is 23.4 Å². The zero-order chi connectivity index (χ0) is 16.4. The van der Waals surface area contributed by atoms with Gasteiger partial charge in [0, 0.05) is 29.8 Å². The van der Waals surface area contributed by atoms with Crippen LogP contribution in [0.25, 0.3) is 0 Å². The van der Waals surface area contributed by atoms with E-state index in [9.17, 15) is 13.2 Å².